The second-order valence-corrected chi connectivity index (χ2v) is 4.66. The molecule has 0 amide bonds. The number of aromatic nitrogens is 4. The fraction of sp³-hybridized carbons (Fsp3) is 0.176. The number of nitrogen functional groups attached to an aromatic ring is 1. The van der Waals surface area contributed by atoms with Crippen LogP contribution in [0.2, 0.25) is 0 Å². The van der Waals surface area contributed by atoms with Gasteiger partial charge in [0.1, 0.15) is 11.4 Å². The number of rotatable bonds is 3. The molecule has 2 aromatic heterocycles. The first-order valence-corrected chi connectivity index (χ1v) is 7.67. The van der Waals surface area contributed by atoms with Gasteiger partial charge in [0.25, 0.3) is 0 Å². The Hall–Kier alpha value is -3.23. The molecule has 1 aromatic carbocycles. The van der Waals surface area contributed by atoms with E-state index >= 15 is 0 Å². The molecule has 0 unspecified atom stereocenters. The number of hydrogen-bond donors (Lipinski definition) is 1. The van der Waals surface area contributed by atoms with Crippen LogP contribution in [0.25, 0.3) is 11.3 Å². The Bertz CT molecular complexity index is 836. The van der Waals surface area contributed by atoms with Crippen LogP contribution in [0.5, 0.6) is 11.6 Å². The van der Waals surface area contributed by atoms with E-state index in [1.54, 1.807) is 0 Å². The first-order valence-electron chi connectivity index (χ1n) is 7.67. The van der Waals surface area contributed by atoms with Crippen molar-refractivity contribution in [1.82, 2.24) is 19.9 Å². The number of hydrogen-bond acceptors (Lipinski definition) is 6. The van der Waals surface area contributed by atoms with Gasteiger partial charge in [0.15, 0.2) is 0 Å². The zero-order valence-corrected chi connectivity index (χ0v) is 14.0. The number of alkyl halides is 3. The van der Waals surface area contributed by atoms with Crippen LogP contribution in [0, 0.1) is 0 Å². The van der Waals surface area contributed by atoms with E-state index in [2.05, 4.69) is 19.9 Å². The molecule has 0 aliphatic rings. The molecule has 0 saturated carbocycles. The fourth-order valence-corrected chi connectivity index (χ4v) is 1.88. The summed E-state index contributed by atoms with van der Waals surface area (Å²) < 4.78 is 43.3. The number of nitrogens with two attached hydrogens (primary N) is 1. The Morgan fingerprint density at radius 3 is 2.04 bits per heavy atom. The molecule has 2 N–H and O–H groups in total. The average molecular weight is 363 g/mol. The van der Waals surface area contributed by atoms with Crippen LogP contribution in [0.3, 0.4) is 0 Å². The summed E-state index contributed by atoms with van der Waals surface area (Å²) in [6, 6.07) is 4.27. The van der Waals surface area contributed by atoms with Gasteiger partial charge < -0.3 is 10.5 Å². The molecule has 2 heterocycles. The lowest BCUT2D eigenvalue weighted by Crippen LogP contribution is -2.04. The fourth-order valence-electron chi connectivity index (χ4n) is 1.88. The molecular formula is C17H16F3N5O. The molecule has 0 radical (unpaired) electrons. The first-order chi connectivity index (χ1) is 12.4. The maximum atomic E-state index is 12.6. The third kappa shape index (κ3) is 4.65. The molecule has 0 aliphatic carbocycles. The smallest absolute Gasteiger partial charge is 0.416 e. The van der Waals surface area contributed by atoms with Gasteiger partial charge in [-0.2, -0.15) is 13.2 Å². The third-order valence-electron chi connectivity index (χ3n) is 3.01. The summed E-state index contributed by atoms with van der Waals surface area (Å²) in [7, 11) is 0. The summed E-state index contributed by atoms with van der Waals surface area (Å²) in [6.07, 6.45) is 1.35. The van der Waals surface area contributed by atoms with Crippen LogP contribution in [0.15, 0.2) is 49.1 Å². The number of ether oxygens (including phenoxy) is 1. The van der Waals surface area contributed by atoms with Gasteiger partial charge >= 0.3 is 6.18 Å². The zero-order chi connectivity index (χ0) is 19.2. The lowest BCUT2D eigenvalue weighted by Gasteiger charge is -2.10. The van der Waals surface area contributed by atoms with Crippen LogP contribution in [-0.2, 0) is 6.18 Å². The number of halogens is 3. The highest BCUT2D eigenvalue weighted by Crippen LogP contribution is 2.32. The largest absolute Gasteiger partial charge is 0.437 e. The summed E-state index contributed by atoms with van der Waals surface area (Å²) >= 11 is 0. The highest BCUT2D eigenvalue weighted by Gasteiger charge is 2.30. The number of anilines is 1. The van der Waals surface area contributed by atoms with E-state index in [1.165, 1.54) is 36.9 Å². The molecule has 136 valence electrons. The Morgan fingerprint density at radius 1 is 0.885 bits per heavy atom. The molecule has 3 rings (SSSR count). The van der Waals surface area contributed by atoms with Gasteiger partial charge in [0.2, 0.25) is 11.8 Å². The second kappa shape index (κ2) is 8.24. The maximum absolute atomic E-state index is 12.6. The molecule has 0 spiro atoms. The summed E-state index contributed by atoms with van der Waals surface area (Å²) in [4.78, 5) is 15.9. The van der Waals surface area contributed by atoms with Gasteiger partial charge in [-0.05, 0) is 24.3 Å². The predicted octanol–water partition coefficient (Wildman–Crippen LogP) is 4.35. The topological polar surface area (TPSA) is 86.8 Å². The third-order valence-corrected chi connectivity index (χ3v) is 3.01. The number of benzene rings is 1. The van der Waals surface area contributed by atoms with Crippen LogP contribution in [0.4, 0.5) is 19.1 Å². The standard InChI is InChI=1S/C15H10F3N5O.C2H6/c16-15(17,18)10-1-3-11(4-2-10)24-13-12(20-5-6-21-13)9-7-22-14(19)23-8-9;1-2/h1-8H,(H2,19,22,23);1-2H3. The zero-order valence-electron chi connectivity index (χ0n) is 14.0. The molecule has 0 fully saturated rings. The van der Waals surface area contributed by atoms with E-state index in [4.69, 9.17) is 10.5 Å². The molecule has 9 heteroatoms. The Morgan fingerprint density at radius 2 is 1.46 bits per heavy atom. The van der Waals surface area contributed by atoms with Crippen molar-refractivity contribution in [3.63, 3.8) is 0 Å². The van der Waals surface area contributed by atoms with Crippen LogP contribution in [-0.4, -0.2) is 19.9 Å². The van der Waals surface area contributed by atoms with Crippen molar-refractivity contribution in [3.05, 3.63) is 54.6 Å². The molecule has 6 nitrogen and oxygen atoms in total. The lowest BCUT2D eigenvalue weighted by molar-refractivity contribution is -0.137. The van der Waals surface area contributed by atoms with Gasteiger partial charge in [0.05, 0.1) is 5.56 Å². The summed E-state index contributed by atoms with van der Waals surface area (Å²) in [5.74, 6) is 0.416. The van der Waals surface area contributed by atoms with Gasteiger partial charge in [-0.3, -0.25) is 0 Å². The molecule has 26 heavy (non-hydrogen) atoms. The van der Waals surface area contributed by atoms with E-state index < -0.39 is 11.7 Å². The van der Waals surface area contributed by atoms with Gasteiger partial charge in [0, 0.05) is 30.4 Å². The van der Waals surface area contributed by atoms with Crippen LogP contribution >= 0.6 is 0 Å². The minimum absolute atomic E-state index is 0.104. The quantitative estimate of drug-likeness (QED) is 0.744. The minimum Gasteiger partial charge on any atom is -0.437 e. The van der Waals surface area contributed by atoms with Gasteiger partial charge in [-0.1, -0.05) is 13.8 Å². The summed E-state index contributed by atoms with van der Waals surface area (Å²) in [5, 5.41) is 0. The molecule has 0 bridgehead atoms. The van der Waals surface area contributed by atoms with E-state index in [1.807, 2.05) is 13.8 Å². The van der Waals surface area contributed by atoms with Crippen LogP contribution in [0.1, 0.15) is 19.4 Å². The van der Waals surface area contributed by atoms with Crippen molar-refractivity contribution in [2.45, 2.75) is 20.0 Å². The van der Waals surface area contributed by atoms with Crippen LogP contribution < -0.4 is 10.5 Å². The van der Waals surface area contributed by atoms with Gasteiger partial charge in [-0.25, -0.2) is 19.9 Å². The van der Waals surface area contributed by atoms with Crippen molar-refractivity contribution in [2.24, 2.45) is 0 Å². The second-order valence-electron chi connectivity index (χ2n) is 4.66. The maximum Gasteiger partial charge on any atom is 0.416 e. The molecule has 0 saturated heterocycles. The average Bonchev–Trinajstić information content (AvgIpc) is 2.64. The van der Waals surface area contributed by atoms with E-state index in [9.17, 15) is 13.2 Å². The Labute approximate surface area is 147 Å². The normalized spacial score (nSPS) is 10.7. The van der Waals surface area contributed by atoms with E-state index in [0.717, 1.165) is 12.1 Å². The molecule has 0 aliphatic heterocycles. The van der Waals surface area contributed by atoms with Crippen molar-refractivity contribution >= 4 is 5.95 Å². The molecular weight excluding hydrogens is 347 g/mol. The predicted molar refractivity (Wildman–Crippen MR) is 90.3 cm³/mol. The van der Waals surface area contributed by atoms with Crippen molar-refractivity contribution < 1.29 is 17.9 Å². The highest BCUT2D eigenvalue weighted by atomic mass is 19.4. The summed E-state index contributed by atoms with van der Waals surface area (Å²) in [5.41, 5.74) is 5.53. The molecule has 0 atom stereocenters. The van der Waals surface area contributed by atoms with Crippen molar-refractivity contribution in [3.8, 4) is 22.9 Å². The number of nitrogens with zero attached hydrogens (tertiary/aromatic N) is 4. The van der Waals surface area contributed by atoms with Crippen molar-refractivity contribution in [1.29, 1.82) is 0 Å². The SMILES string of the molecule is CC.Nc1ncc(-c2nccnc2Oc2ccc(C(F)(F)F)cc2)cn1. The Kier molecular flexibility index (Phi) is 6.05. The van der Waals surface area contributed by atoms with E-state index in [0.29, 0.717) is 11.3 Å². The highest BCUT2D eigenvalue weighted by molar-refractivity contribution is 5.63. The monoisotopic (exact) mass is 363 g/mol. The summed E-state index contributed by atoms with van der Waals surface area (Å²) in [6.45, 7) is 4.00. The minimum atomic E-state index is -4.41. The lowest BCUT2D eigenvalue weighted by atomic mass is 10.2. The van der Waals surface area contributed by atoms with Crippen molar-refractivity contribution in [2.75, 3.05) is 5.73 Å². The van der Waals surface area contributed by atoms with E-state index in [-0.39, 0.29) is 17.6 Å². The first kappa shape index (κ1) is 19.1. The van der Waals surface area contributed by atoms with Gasteiger partial charge in [-0.15, -0.1) is 0 Å². The Balaban J connectivity index is 0.00000117. The molecule has 3 aromatic rings.